The number of para-hydroxylation sites is 1. The summed E-state index contributed by atoms with van der Waals surface area (Å²) in [5, 5.41) is 0. The van der Waals surface area contributed by atoms with Gasteiger partial charge in [0.1, 0.15) is 0 Å². The van der Waals surface area contributed by atoms with E-state index < -0.39 is 0 Å². The predicted molar refractivity (Wildman–Crippen MR) is 113 cm³/mol. The number of benzene rings is 2. The number of oxazole rings is 1. The van der Waals surface area contributed by atoms with Gasteiger partial charge in [-0.15, -0.1) is 0 Å². The van der Waals surface area contributed by atoms with E-state index in [1.54, 1.807) is 6.20 Å². The van der Waals surface area contributed by atoms with E-state index in [2.05, 4.69) is 9.88 Å². The summed E-state index contributed by atoms with van der Waals surface area (Å²) >= 11 is 0. The van der Waals surface area contributed by atoms with Crippen molar-refractivity contribution in [1.82, 2.24) is 14.8 Å². The Hall–Kier alpha value is -3.12. The number of hydrogen-bond donors (Lipinski definition) is 1. The molecule has 1 aromatic heterocycles. The van der Waals surface area contributed by atoms with Crippen molar-refractivity contribution in [2.24, 2.45) is 0 Å². The van der Waals surface area contributed by atoms with Gasteiger partial charge in [0.2, 0.25) is 11.8 Å². The average Bonchev–Trinajstić information content (AvgIpc) is 3.23. The minimum atomic E-state index is 0.190. The fourth-order valence-electron chi connectivity index (χ4n) is 3.63. The molecule has 0 spiro atoms. The molecule has 0 atom stereocenters. The SMILES string of the molecule is Nc1ccccc1CCC(=O)N1CCN(Cc2ncc(-c3ccccc3)o2)CC1. The summed E-state index contributed by atoms with van der Waals surface area (Å²) in [6.45, 7) is 3.77. The molecule has 6 heteroatoms. The molecule has 0 aliphatic carbocycles. The van der Waals surface area contributed by atoms with Gasteiger partial charge in [-0.2, -0.15) is 0 Å². The molecular weight excluding hydrogens is 364 g/mol. The Kier molecular flexibility index (Phi) is 5.91. The Balaban J connectivity index is 1.25. The summed E-state index contributed by atoms with van der Waals surface area (Å²) in [5.41, 5.74) is 8.79. The van der Waals surface area contributed by atoms with Gasteiger partial charge in [0.25, 0.3) is 0 Å². The summed E-state index contributed by atoms with van der Waals surface area (Å²) < 4.78 is 5.90. The molecule has 0 saturated carbocycles. The van der Waals surface area contributed by atoms with Gasteiger partial charge in [0.15, 0.2) is 5.76 Å². The van der Waals surface area contributed by atoms with Crippen LogP contribution in [0.3, 0.4) is 0 Å². The highest BCUT2D eigenvalue weighted by atomic mass is 16.4. The van der Waals surface area contributed by atoms with Crippen molar-refractivity contribution in [2.75, 3.05) is 31.9 Å². The number of nitrogens with two attached hydrogens (primary N) is 1. The molecule has 2 aromatic carbocycles. The number of anilines is 1. The lowest BCUT2D eigenvalue weighted by atomic mass is 10.1. The van der Waals surface area contributed by atoms with Gasteiger partial charge < -0.3 is 15.1 Å². The quantitative estimate of drug-likeness (QED) is 0.654. The maximum atomic E-state index is 12.5. The van der Waals surface area contributed by atoms with Crippen molar-refractivity contribution < 1.29 is 9.21 Å². The molecule has 1 amide bonds. The maximum absolute atomic E-state index is 12.5. The van der Waals surface area contributed by atoms with Gasteiger partial charge in [-0.3, -0.25) is 9.69 Å². The Morgan fingerprint density at radius 1 is 1.00 bits per heavy atom. The van der Waals surface area contributed by atoms with Crippen LogP contribution in [0.15, 0.2) is 65.2 Å². The van der Waals surface area contributed by atoms with Crippen LogP contribution in [0.25, 0.3) is 11.3 Å². The minimum absolute atomic E-state index is 0.190. The number of aromatic nitrogens is 1. The molecule has 0 radical (unpaired) electrons. The summed E-state index contributed by atoms with van der Waals surface area (Å²) in [4.78, 5) is 21.2. The molecule has 1 aliphatic heterocycles. The lowest BCUT2D eigenvalue weighted by molar-refractivity contribution is -0.133. The van der Waals surface area contributed by atoms with Crippen molar-refractivity contribution in [3.8, 4) is 11.3 Å². The molecule has 1 aliphatic rings. The van der Waals surface area contributed by atoms with E-state index in [-0.39, 0.29) is 5.91 Å². The van der Waals surface area contributed by atoms with Crippen molar-refractivity contribution >= 4 is 11.6 Å². The number of carbonyl (C=O) groups is 1. The molecule has 4 rings (SSSR count). The van der Waals surface area contributed by atoms with E-state index in [0.29, 0.717) is 25.3 Å². The van der Waals surface area contributed by atoms with E-state index in [1.807, 2.05) is 59.5 Å². The van der Waals surface area contributed by atoms with Crippen LogP contribution in [-0.4, -0.2) is 46.9 Å². The molecule has 150 valence electrons. The number of carbonyl (C=O) groups excluding carboxylic acids is 1. The molecule has 0 unspecified atom stereocenters. The van der Waals surface area contributed by atoms with Crippen molar-refractivity contribution in [3.63, 3.8) is 0 Å². The van der Waals surface area contributed by atoms with Crippen LogP contribution in [0, 0.1) is 0 Å². The van der Waals surface area contributed by atoms with Gasteiger partial charge in [0.05, 0.1) is 12.7 Å². The number of nitrogen functional groups attached to an aromatic ring is 1. The first-order valence-corrected chi connectivity index (χ1v) is 10.0. The minimum Gasteiger partial charge on any atom is -0.439 e. The monoisotopic (exact) mass is 390 g/mol. The molecule has 29 heavy (non-hydrogen) atoms. The largest absolute Gasteiger partial charge is 0.439 e. The number of rotatable bonds is 6. The smallest absolute Gasteiger partial charge is 0.222 e. The first kappa shape index (κ1) is 19.2. The van der Waals surface area contributed by atoms with Crippen LogP contribution in [0.4, 0.5) is 5.69 Å². The third kappa shape index (κ3) is 4.84. The van der Waals surface area contributed by atoms with Crippen molar-refractivity contribution in [2.45, 2.75) is 19.4 Å². The van der Waals surface area contributed by atoms with Crippen LogP contribution in [-0.2, 0) is 17.8 Å². The van der Waals surface area contributed by atoms with Gasteiger partial charge in [0, 0.05) is 43.9 Å². The number of nitrogens with zero attached hydrogens (tertiary/aromatic N) is 3. The molecular formula is C23H26N4O2. The highest BCUT2D eigenvalue weighted by molar-refractivity contribution is 5.76. The van der Waals surface area contributed by atoms with Crippen LogP contribution in [0.2, 0.25) is 0 Å². The van der Waals surface area contributed by atoms with E-state index >= 15 is 0 Å². The predicted octanol–water partition coefficient (Wildman–Crippen LogP) is 3.20. The zero-order valence-corrected chi connectivity index (χ0v) is 16.5. The molecule has 2 N–H and O–H groups in total. The lowest BCUT2D eigenvalue weighted by Crippen LogP contribution is -2.48. The second-order valence-electron chi connectivity index (χ2n) is 7.34. The highest BCUT2D eigenvalue weighted by Gasteiger charge is 2.22. The third-order valence-electron chi connectivity index (χ3n) is 5.36. The van der Waals surface area contributed by atoms with E-state index in [0.717, 1.165) is 48.8 Å². The highest BCUT2D eigenvalue weighted by Crippen LogP contribution is 2.21. The second-order valence-corrected chi connectivity index (χ2v) is 7.34. The normalized spacial score (nSPS) is 14.8. The number of aryl methyl sites for hydroxylation is 1. The lowest BCUT2D eigenvalue weighted by Gasteiger charge is -2.34. The molecule has 1 saturated heterocycles. The fraction of sp³-hybridized carbons (Fsp3) is 0.304. The molecule has 1 fully saturated rings. The summed E-state index contributed by atoms with van der Waals surface area (Å²) in [7, 11) is 0. The topological polar surface area (TPSA) is 75.6 Å². The second kappa shape index (κ2) is 8.92. The van der Waals surface area contributed by atoms with Gasteiger partial charge >= 0.3 is 0 Å². The summed E-state index contributed by atoms with van der Waals surface area (Å²) in [6.07, 6.45) is 2.96. The maximum Gasteiger partial charge on any atom is 0.222 e. The first-order chi connectivity index (χ1) is 14.2. The number of amides is 1. The number of hydrogen-bond acceptors (Lipinski definition) is 5. The molecule has 3 aromatic rings. The van der Waals surface area contributed by atoms with Crippen LogP contribution >= 0.6 is 0 Å². The molecule has 0 bridgehead atoms. The fourth-order valence-corrected chi connectivity index (χ4v) is 3.63. The van der Waals surface area contributed by atoms with Gasteiger partial charge in [-0.05, 0) is 18.1 Å². The van der Waals surface area contributed by atoms with Gasteiger partial charge in [-0.1, -0.05) is 48.5 Å². The van der Waals surface area contributed by atoms with E-state index in [1.165, 1.54) is 0 Å². The van der Waals surface area contributed by atoms with Crippen LogP contribution < -0.4 is 5.73 Å². The van der Waals surface area contributed by atoms with Crippen molar-refractivity contribution in [3.05, 3.63) is 72.2 Å². The van der Waals surface area contributed by atoms with E-state index in [4.69, 9.17) is 10.2 Å². The Morgan fingerprint density at radius 3 is 2.48 bits per heavy atom. The van der Waals surface area contributed by atoms with Gasteiger partial charge in [-0.25, -0.2) is 4.98 Å². The number of piperazine rings is 1. The van der Waals surface area contributed by atoms with Crippen LogP contribution in [0.5, 0.6) is 0 Å². The Bertz CT molecular complexity index is 946. The van der Waals surface area contributed by atoms with Crippen molar-refractivity contribution in [1.29, 1.82) is 0 Å². The molecule has 6 nitrogen and oxygen atoms in total. The Morgan fingerprint density at radius 2 is 1.72 bits per heavy atom. The zero-order valence-electron chi connectivity index (χ0n) is 16.5. The Labute approximate surface area is 170 Å². The first-order valence-electron chi connectivity index (χ1n) is 10.0. The zero-order chi connectivity index (χ0) is 20.1. The van der Waals surface area contributed by atoms with Crippen LogP contribution in [0.1, 0.15) is 17.9 Å². The standard InChI is InChI=1S/C23H26N4O2/c24-20-9-5-4-6-18(20)10-11-23(28)27-14-12-26(13-15-27)17-22-25-16-21(29-22)19-7-2-1-3-8-19/h1-9,16H,10-15,17,24H2. The molecule has 2 heterocycles. The summed E-state index contributed by atoms with van der Waals surface area (Å²) in [5.74, 6) is 1.69. The van der Waals surface area contributed by atoms with E-state index in [9.17, 15) is 4.79 Å². The average molecular weight is 390 g/mol. The summed E-state index contributed by atoms with van der Waals surface area (Å²) in [6, 6.07) is 17.7. The third-order valence-corrected chi connectivity index (χ3v) is 5.36.